The van der Waals surface area contributed by atoms with Crippen LogP contribution in [0.15, 0.2) is 23.7 Å². The van der Waals surface area contributed by atoms with Crippen molar-refractivity contribution in [3.8, 4) is 0 Å². The number of aliphatic imine (C=N–C) groups is 1. The Labute approximate surface area is 103 Å². The maximum atomic E-state index is 4.92. The molecule has 0 aromatic carbocycles. The highest BCUT2D eigenvalue weighted by molar-refractivity contribution is 6.76. The van der Waals surface area contributed by atoms with Gasteiger partial charge in [-0.3, -0.25) is 9.83 Å². The van der Waals surface area contributed by atoms with Crippen LogP contribution in [0, 0.1) is 0 Å². The molecule has 0 aliphatic rings. The highest BCUT2D eigenvalue weighted by atomic mass is 28.3. The molecule has 0 saturated carbocycles. The van der Waals surface area contributed by atoms with Gasteiger partial charge in [-0.1, -0.05) is 19.6 Å². The summed E-state index contributed by atoms with van der Waals surface area (Å²) in [6.45, 7) is 7.79. The normalized spacial score (nSPS) is 12.6. The third-order valence-electron chi connectivity index (χ3n) is 2.16. The van der Waals surface area contributed by atoms with Crippen molar-refractivity contribution >= 4 is 13.9 Å². The van der Waals surface area contributed by atoms with Crippen molar-refractivity contribution in [3.63, 3.8) is 0 Å². The standard InChI is InChI=1S/C11H20N4OSi/c1-16-15-11(10-7-12-9-13-8-10)14-5-6-17(2,3)4/h7-9H,5-6H2,1-4H3,(H,14,15). The van der Waals surface area contributed by atoms with E-state index in [4.69, 9.17) is 4.84 Å². The molecule has 6 heteroatoms. The van der Waals surface area contributed by atoms with E-state index in [1.165, 1.54) is 6.33 Å². The molecule has 0 bridgehead atoms. The number of hydrogen-bond acceptors (Lipinski definition) is 4. The van der Waals surface area contributed by atoms with Gasteiger partial charge in [0.2, 0.25) is 0 Å². The van der Waals surface area contributed by atoms with Crippen molar-refractivity contribution in [2.45, 2.75) is 25.7 Å². The van der Waals surface area contributed by atoms with E-state index in [-0.39, 0.29) is 0 Å². The fourth-order valence-electron chi connectivity index (χ4n) is 1.20. The molecule has 0 spiro atoms. The summed E-state index contributed by atoms with van der Waals surface area (Å²) >= 11 is 0. The third-order valence-corrected chi connectivity index (χ3v) is 3.89. The molecule has 5 nitrogen and oxygen atoms in total. The lowest BCUT2D eigenvalue weighted by Gasteiger charge is -2.14. The Balaban J connectivity index is 2.69. The smallest absolute Gasteiger partial charge is 0.155 e. The molecule has 1 aromatic heterocycles. The molecule has 0 fully saturated rings. The van der Waals surface area contributed by atoms with Crippen LogP contribution in [-0.2, 0) is 4.84 Å². The lowest BCUT2D eigenvalue weighted by molar-refractivity contribution is 0.144. The van der Waals surface area contributed by atoms with Crippen LogP contribution < -0.4 is 5.48 Å². The topological polar surface area (TPSA) is 59.4 Å². The van der Waals surface area contributed by atoms with Crippen LogP contribution in [0.4, 0.5) is 0 Å². The van der Waals surface area contributed by atoms with Gasteiger partial charge in [0, 0.05) is 27.0 Å². The summed E-state index contributed by atoms with van der Waals surface area (Å²) in [6.07, 6.45) is 4.93. The van der Waals surface area contributed by atoms with Crippen LogP contribution in [-0.4, -0.2) is 37.5 Å². The van der Waals surface area contributed by atoms with Gasteiger partial charge in [0.15, 0.2) is 5.84 Å². The van der Waals surface area contributed by atoms with Crippen LogP contribution in [0.25, 0.3) is 0 Å². The monoisotopic (exact) mass is 252 g/mol. The Morgan fingerprint density at radius 3 is 2.53 bits per heavy atom. The second-order valence-electron chi connectivity index (χ2n) is 4.97. The number of nitrogens with one attached hydrogen (secondary N) is 1. The molecule has 0 aliphatic heterocycles. The Hall–Kier alpha value is -1.27. The minimum absolute atomic E-state index is 0.686. The summed E-state index contributed by atoms with van der Waals surface area (Å²) in [6, 6.07) is 1.15. The van der Waals surface area contributed by atoms with E-state index in [2.05, 4.69) is 40.1 Å². The first kappa shape index (κ1) is 13.8. The lowest BCUT2D eigenvalue weighted by Crippen LogP contribution is -2.25. The van der Waals surface area contributed by atoms with Crippen molar-refractivity contribution in [1.82, 2.24) is 15.4 Å². The van der Waals surface area contributed by atoms with Gasteiger partial charge in [-0.05, 0) is 6.04 Å². The first-order chi connectivity index (χ1) is 8.03. The number of rotatable bonds is 5. The molecule has 0 aliphatic carbocycles. The van der Waals surface area contributed by atoms with Crippen LogP contribution in [0.1, 0.15) is 5.56 Å². The Kier molecular flexibility index (Phi) is 5.24. The molecule has 0 amide bonds. The highest BCUT2D eigenvalue weighted by Gasteiger charge is 2.12. The van der Waals surface area contributed by atoms with Gasteiger partial charge in [0.05, 0.1) is 12.7 Å². The number of aromatic nitrogens is 2. The maximum Gasteiger partial charge on any atom is 0.155 e. The maximum absolute atomic E-state index is 4.92. The largest absolute Gasteiger partial charge is 0.278 e. The summed E-state index contributed by atoms with van der Waals surface area (Å²) in [7, 11) is 0.512. The molecule has 1 aromatic rings. The summed E-state index contributed by atoms with van der Waals surface area (Å²) in [5.41, 5.74) is 3.61. The molecule has 17 heavy (non-hydrogen) atoms. The summed E-state index contributed by atoms with van der Waals surface area (Å²) in [4.78, 5) is 17.4. The molecule has 0 atom stereocenters. The Morgan fingerprint density at radius 2 is 2.00 bits per heavy atom. The van der Waals surface area contributed by atoms with E-state index in [0.29, 0.717) is 5.84 Å². The zero-order valence-electron chi connectivity index (χ0n) is 10.9. The fraction of sp³-hybridized carbons (Fsp3) is 0.545. The number of nitrogens with zero attached hydrogens (tertiary/aromatic N) is 3. The fourth-order valence-corrected chi connectivity index (χ4v) is 1.99. The van der Waals surface area contributed by atoms with Gasteiger partial charge < -0.3 is 0 Å². The second-order valence-corrected chi connectivity index (χ2v) is 10.6. The molecule has 1 rings (SSSR count). The average molecular weight is 252 g/mol. The van der Waals surface area contributed by atoms with E-state index in [1.54, 1.807) is 19.5 Å². The molecule has 0 unspecified atom stereocenters. The highest BCUT2D eigenvalue weighted by Crippen LogP contribution is 2.08. The summed E-state index contributed by atoms with van der Waals surface area (Å²) in [5, 5.41) is 0. The zero-order chi connectivity index (χ0) is 12.7. The molecule has 0 radical (unpaired) electrons. The summed E-state index contributed by atoms with van der Waals surface area (Å²) < 4.78 is 0. The predicted molar refractivity (Wildman–Crippen MR) is 71.7 cm³/mol. The Bertz CT molecular complexity index is 361. The van der Waals surface area contributed by atoms with E-state index >= 15 is 0 Å². The quantitative estimate of drug-likeness (QED) is 0.375. The second kappa shape index (κ2) is 6.46. The van der Waals surface area contributed by atoms with Crippen molar-refractivity contribution in [2.24, 2.45) is 4.99 Å². The molecule has 0 saturated heterocycles. The van der Waals surface area contributed by atoms with Gasteiger partial charge in [-0.2, -0.15) is 0 Å². The molecular formula is C11H20N4OSi. The summed E-state index contributed by atoms with van der Waals surface area (Å²) in [5.74, 6) is 0.686. The first-order valence-electron chi connectivity index (χ1n) is 5.62. The van der Waals surface area contributed by atoms with Crippen LogP contribution in [0.2, 0.25) is 25.7 Å². The van der Waals surface area contributed by atoms with Gasteiger partial charge in [-0.25, -0.2) is 15.4 Å². The van der Waals surface area contributed by atoms with Crippen molar-refractivity contribution < 1.29 is 4.84 Å². The minimum Gasteiger partial charge on any atom is -0.278 e. The predicted octanol–water partition coefficient (Wildman–Crippen LogP) is 1.71. The molecule has 1 heterocycles. The van der Waals surface area contributed by atoms with Gasteiger partial charge >= 0.3 is 0 Å². The van der Waals surface area contributed by atoms with Crippen molar-refractivity contribution in [1.29, 1.82) is 0 Å². The van der Waals surface area contributed by atoms with E-state index in [1.807, 2.05) is 0 Å². The molecular weight excluding hydrogens is 232 g/mol. The van der Waals surface area contributed by atoms with Gasteiger partial charge in [-0.15, -0.1) is 0 Å². The third kappa shape index (κ3) is 5.55. The zero-order valence-corrected chi connectivity index (χ0v) is 11.9. The average Bonchev–Trinajstić information content (AvgIpc) is 2.27. The minimum atomic E-state index is -1.05. The van der Waals surface area contributed by atoms with Crippen LogP contribution in [0.5, 0.6) is 0 Å². The first-order valence-corrected chi connectivity index (χ1v) is 9.32. The lowest BCUT2D eigenvalue weighted by atomic mass is 10.3. The van der Waals surface area contributed by atoms with E-state index in [9.17, 15) is 0 Å². The van der Waals surface area contributed by atoms with Gasteiger partial charge in [0.25, 0.3) is 0 Å². The van der Waals surface area contributed by atoms with E-state index < -0.39 is 8.07 Å². The van der Waals surface area contributed by atoms with Crippen molar-refractivity contribution in [3.05, 3.63) is 24.3 Å². The number of hydroxylamine groups is 1. The SMILES string of the molecule is CONC(=NCC[Si](C)(C)C)c1cncnc1. The van der Waals surface area contributed by atoms with Crippen LogP contribution in [0.3, 0.4) is 0 Å². The molecule has 1 N–H and O–H groups in total. The number of hydrogen-bond donors (Lipinski definition) is 1. The van der Waals surface area contributed by atoms with Crippen LogP contribution >= 0.6 is 0 Å². The van der Waals surface area contributed by atoms with Gasteiger partial charge in [0.1, 0.15) is 6.33 Å². The van der Waals surface area contributed by atoms with E-state index in [0.717, 1.165) is 18.2 Å². The number of amidine groups is 1. The molecule has 94 valence electrons. The Morgan fingerprint density at radius 1 is 1.35 bits per heavy atom. The van der Waals surface area contributed by atoms with Crippen molar-refractivity contribution in [2.75, 3.05) is 13.7 Å².